The smallest absolute Gasteiger partial charge is 0.226 e. The van der Waals surface area contributed by atoms with Gasteiger partial charge in [-0.2, -0.15) is 0 Å². The molecule has 0 saturated carbocycles. The lowest BCUT2D eigenvalue weighted by Crippen LogP contribution is -2.27. The summed E-state index contributed by atoms with van der Waals surface area (Å²) < 4.78 is 21.5. The van der Waals surface area contributed by atoms with Crippen LogP contribution in [0.4, 0.5) is 0 Å². The van der Waals surface area contributed by atoms with E-state index in [0.29, 0.717) is 35.9 Å². The molecule has 0 spiro atoms. The average molecular weight is 482 g/mol. The van der Waals surface area contributed by atoms with Crippen molar-refractivity contribution >= 4 is 28.1 Å². The van der Waals surface area contributed by atoms with E-state index in [-0.39, 0.29) is 12.3 Å². The fraction of sp³-hybridized carbons (Fsp3) is 0.280. The van der Waals surface area contributed by atoms with E-state index in [1.165, 1.54) is 11.3 Å². The molecule has 8 nitrogen and oxygen atoms in total. The summed E-state index contributed by atoms with van der Waals surface area (Å²) in [5, 5.41) is 6.75. The van der Waals surface area contributed by atoms with Crippen LogP contribution in [0.15, 0.2) is 41.9 Å². The molecular formula is C25H27N3O5S. The highest BCUT2D eigenvalue weighted by molar-refractivity contribution is 7.13. The number of hydrogen-bond donors (Lipinski definition) is 2. The number of benzene rings is 2. The van der Waals surface area contributed by atoms with Crippen molar-refractivity contribution in [2.45, 2.75) is 12.8 Å². The third-order valence-electron chi connectivity index (χ3n) is 5.50. The second kappa shape index (κ2) is 10.5. The number of methoxy groups -OCH3 is 4. The molecule has 2 aromatic carbocycles. The Labute approximate surface area is 201 Å². The minimum absolute atomic E-state index is 0.0702. The van der Waals surface area contributed by atoms with Crippen LogP contribution in [0.1, 0.15) is 11.3 Å². The van der Waals surface area contributed by atoms with Crippen LogP contribution in [0.25, 0.3) is 21.5 Å². The first-order chi connectivity index (χ1) is 16.6. The van der Waals surface area contributed by atoms with E-state index in [9.17, 15) is 4.79 Å². The Bertz CT molecular complexity index is 1270. The summed E-state index contributed by atoms with van der Waals surface area (Å²) in [6.07, 6.45) is 2.90. The number of carbonyl (C=O) groups excluding carboxylic acids is 1. The predicted molar refractivity (Wildman–Crippen MR) is 132 cm³/mol. The molecule has 0 saturated heterocycles. The van der Waals surface area contributed by atoms with Crippen LogP contribution in [-0.4, -0.2) is 50.9 Å². The van der Waals surface area contributed by atoms with Crippen molar-refractivity contribution in [3.8, 4) is 33.6 Å². The number of ether oxygens (including phenoxy) is 4. The average Bonchev–Trinajstić information content (AvgIpc) is 3.49. The molecule has 4 rings (SSSR count). The summed E-state index contributed by atoms with van der Waals surface area (Å²) in [7, 11) is 6.37. The molecule has 2 N–H and O–H groups in total. The Hall–Kier alpha value is -3.72. The molecule has 34 heavy (non-hydrogen) atoms. The first-order valence-corrected chi connectivity index (χ1v) is 11.6. The summed E-state index contributed by atoms with van der Waals surface area (Å²) >= 11 is 1.46. The van der Waals surface area contributed by atoms with Gasteiger partial charge >= 0.3 is 0 Å². The normalized spacial score (nSPS) is 10.8. The number of fused-ring (bicyclic) bond motifs is 1. The van der Waals surface area contributed by atoms with Crippen LogP contribution in [-0.2, 0) is 17.6 Å². The number of nitrogens with one attached hydrogen (secondary N) is 2. The number of aromatic amines is 1. The van der Waals surface area contributed by atoms with Gasteiger partial charge in [0.2, 0.25) is 11.7 Å². The van der Waals surface area contributed by atoms with Gasteiger partial charge in [0.15, 0.2) is 11.5 Å². The molecule has 0 radical (unpaired) electrons. The zero-order valence-electron chi connectivity index (χ0n) is 19.6. The molecule has 0 atom stereocenters. The van der Waals surface area contributed by atoms with E-state index >= 15 is 0 Å². The monoisotopic (exact) mass is 481 g/mol. The first-order valence-electron chi connectivity index (χ1n) is 10.7. The third-order valence-corrected chi connectivity index (χ3v) is 6.44. The van der Waals surface area contributed by atoms with E-state index in [0.717, 1.165) is 32.8 Å². The van der Waals surface area contributed by atoms with Crippen molar-refractivity contribution in [2.75, 3.05) is 35.0 Å². The molecule has 2 heterocycles. The Balaban J connectivity index is 1.38. The molecule has 2 aromatic heterocycles. The van der Waals surface area contributed by atoms with Crippen LogP contribution in [0, 0.1) is 0 Å². The summed E-state index contributed by atoms with van der Waals surface area (Å²) in [6, 6.07) is 9.61. The number of hydrogen-bond acceptors (Lipinski definition) is 7. The van der Waals surface area contributed by atoms with Crippen LogP contribution < -0.4 is 24.3 Å². The molecule has 0 bridgehead atoms. The van der Waals surface area contributed by atoms with E-state index in [4.69, 9.17) is 18.9 Å². The molecule has 0 aliphatic carbocycles. The summed E-state index contributed by atoms with van der Waals surface area (Å²) in [4.78, 5) is 20.4. The second-order valence-electron chi connectivity index (χ2n) is 7.56. The molecular weight excluding hydrogens is 454 g/mol. The molecule has 9 heteroatoms. The van der Waals surface area contributed by atoms with Crippen LogP contribution in [0.3, 0.4) is 0 Å². The second-order valence-corrected chi connectivity index (χ2v) is 8.42. The minimum atomic E-state index is -0.0702. The SMILES string of the molecule is COc1ccc2[nH]cc(CCNC(=O)Cc3csc(-c4cc(OC)c(OC)c(OC)c4)n3)c2c1. The van der Waals surface area contributed by atoms with Crippen molar-refractivity contribution in [3.63, 3.8) is 0 Å². The fourth-order valence-corrected chi connectivity index (χ4v) is 4.59. The van der Waals surface area contributed by atoms with E-state index < -0.39 is 0 Å². The lowest BCUT2D eigenvalue weighted by molar-refractivity contribution is -0.120. The highest BCUT2D eigenvalue weighted by atomic mass is 32.1. The van der Waals surface area contributed by atoms with Crippen molar-refractivity contribution < 1.29 is 23.7 Å². The molecule has 4 aromatic rings. The maximum absolute atomic E-state index is 12.5. The number of rotatable bonds is 10. The number of nitrogens with zero attached hydrogens (tertiary/aromatic N) is 1. The molecule has 0 unspecified atom stereocenters. The maximum Gasteiger partial charge on any atom is 0.226 e. The van der Waals surface area contributed by atoms with Gasteiger partial charge < -0.3 is 29.2 Å². The predicted octanol–water partition coefficient (Wildman–Crippen LogP) is 4.23. The maximum atomic E-state index is 12.5. The van der Waals surface area contributed by atoms with Gasteiger partial charge in [-0.1, -0.05) is 0 Å². The van der Waals surface area contributed by atoms with Gasteiger partial charge in [0, 0.05) is 34.6 Å². The van der Waals surface area contributed by atoms with Crippen LogP contribution in [0.5, 0.6) is 23.0 Å². The van der Waals surface area contributed by atoms with Gasteiger partial charge in [-0.15, -0.1) is 11.3 Å². The lowest BCUT2D eigenvalue weighted by atomic mass is 10.1. The van der Waals surface area contributed by atoms with Crippen LogP contribution in [0.2, 0.25) is 0 Å². The molecule has 1 amide bonds. The summed E-state index contributed by atoms with van der Waals surface area (Å²) in [5.41, 5.74) is 3.72. The molecule has 0 aliphatic heterocycles. The standard InChI is InChI=1S/C25H27N3O5S/c1-30-18-5-6-20-19(12-18)15(13-27-20)7-8-26-23(29)11-17-14-34-25(28-17)16-9-21(31-2)24(33-4)22(10-16)32-3/h5-6,9-10,12-14,27H,7-8,11H2,1-4H3,(H,26,29). The molecule has 178 valence electrons. The van der Waals surface area contributed by atoms with Crippen LogP contribution >= 0.6 is 11.3 Å². The van der Waals surface area contributed by atoms with Crippen molar-refractivity contribution in [1.29, 1.82) is 0 Å². The van der Waals surface area contributed by atoms with Gasteiger partial charge in [0.1, 0.15) is 10.8 Å². The van der Waals surface area contributed by atoms with Gasteiger partial charge in [-0.3, -0.25) is 4.79 Å². The molecule has 0 aliphatic rings. The highest BCUT2D eigenvalue weighted by Crippen LogP contribution is 2.41. The summed E-state index contributed by atoms with van der Waals surface area (Å²) in [6.45, 7) is 0.535. The third kappa shape index (κ3) is 4.94. The van der Waals surface area contributed by atoms with Gasteiger partial charge in [0.05, 0.1) is 40.6 Å². The summed E-state index contributed by atoms with van der Waals surface area (Å²) in [5.74, 6) is 2.38. The van der Waals surface area contributed by atoms with Crippen molar-refractivity contribution in [1.82, 2.24) is 15.3 Å². The van der Waals surface area contributed by atoms with Crippen molar-refractivity contribution in [3.05, 3.63) is 53.2 Å². The quantitative estimate of drug-likeness (QED) is 0.352. The van der Waals surface area contributed by atoms with E-state index in [1.54, 1.807) is 28.4 Å². The number of carbonyl (C=O) groups is 1. The number of amides is 1. The Morgan fingerprint density at radius 1 is 1.03 bits per heavy atom. The molecule has 0 fully saturated rings. The zero-order valence-corrected chi connectivity index (χ0v) is 20.4. The van der Waals surface area contributed by atoms with E-state index in [2.05, 4.69) is 15.3 Å². The highest BCUT2D eigenvalue weighted by Gasteiger charge is 2.16. The lowest BCUT2D eigenvalue weighted by Gasteiger charge is -2.13. The first kappa shape index (κ1) is 23.4. The van der Waals surface area contributed by atoms with Gasteiger partial charge in [-0.25, -0.2) is 4.98 Å². The Morgan fingerprint density at radius 3 is 2.47 bits per heavy atom. The van der Waals surface area contributed by atoms with Gasteiger partial charge in [-0.05, 0) is 42.3 Å². The fourth-order valence-electron chi connectivity index (χ4n) is 3.78. The van der Waals surface area contributed by atoms with Gasteiger partial charge in [0.25, 0.3) is 0 Å². The number of H-pyrrole nitrogens is 1. The minimum Gasteiger partial charge on any atom is -0.497 e. The number of thiazole rings is 1. The Kier molecular flexibility index (Phi) is 7.22. The largest absolute Gasteiger partial charge is 0.497 e. The van der Waals surface area contributed by atoms with Crippen molar-refractivity contribution in [2.24, 2.45) is 0 Å². The Morgan fingerprint density at radius 2 is 1.79 bits per heavy atom. The van der Waals surface area contributed by atoms with E-state index in [1.807, 2.05) is 41.9 Å². The topological polar surface area (TPSA) is 94.7 Å². The zero-order chi connectivity index (χ0) is 24.1. The number of aromatic nitrogens is 2.